The first kappa shape index (κ1) is 16.2. The van der Waals surface area contributed by atoms with Crippen molar-refractivity contribution in [3.8, 4) is 0 Å². The van der Waals surface area contributed by atoms with Crippen LogP contribution in [0.2, 0.25) is 0 Å². The van der Waals surface area contributed by atoms with Gasteiger partial charge in [-0.3, -0.25) is 0 Å². The maximum atomic E-state index is 13.3. The maximum Gasteiger partial charge on any atom is 0.416 e. The van der Waals surface area contributed by atoms with Gasteiger partial charge in [0.1, 0.15) is 5.82 Å². The second kappa shape index (κ2) is 6.75. The van der Waals surface area contributed by atoms with Gasteiger partial charge in [-0.05, 0) is 50.2 Å². The van der Waals surface area contributed by atoms with E-state index in [0.29, 0.717) is 24.2 Å². The SMILES string of the molecule is CN1CCCCC1CNCc1cc(F)cc(C(F)(F)F)c1. The number of hydrogen-bond acceptors (Lipinski definition) is 2. The van der Waals surface area contributed by atoms with E-state index in [1.807, 2.05) is 0 Å². The van der Waals surface area contributed by atoms with E-state index < -0.39 is 17.6 Å². The number of likely N-dealkylation sites (tertiary alicyclic amines) is 1. The highest BCUT2D eigenvalue weighted by Crippen LogP contribution is 2.30. The lowest BCUT2D eigenvalue weighted by atomic mass is 10.0. The summed E-state index contributed by atoms with van der Waals surface area (Å²) < 4.78 is 51.1. The van der Waals surface area contributed by atoms with Gasteiger partial charge in [0.05, 0.1) is 5.56 Å². The molecule has 1 heterocycles. The third kappa shape index (κ3) is 4.68. The average Bonchev–Trinajstić information content (AvgIpc) is 2.39. The van der Waals surface area contributed by atoms with Crippen LogP contribution in [-0.4, -0.2) is 31.1 Å². The fourth-order valence-corrected chi connectivity index (χ4v) is 2.70. The molecule has 1 atom stereocenters. The van der Waals surface area contributed by atoms with Crippen LogP contribution in [0.25, 0.3) is 0 Å². The highest BCUT2D eigenvalue weighted by Gasteiger charge is 2.31. The van der Waals surface area contributed by atoms with Crippen molar-refractivity contribution in [2.24, 2.45) is 0 Å². The molecular formula is C15H20F4N2. The summed E-state index contributed by atoms with van der Waals surface area (Å²) in [7, 11) is 2.05. The van der Waals surface area contributed by atoms with Crippen molar-refractivity contribution in [2.75, 3.05) is 20.1 Å². The van der Waals surface area contributed by atoms with E-state index in [-0.39, 0.29) is 6.54 Å². The van der Waals surface area contributed by atoms with E-state index in [4.69, 9.17) is 0 Å². The molecule has 0 aromatic heterocycles. The van der Waals surface area contributed by atoms with Crippen LogP contribution in [0.3, 0.4) is 0 Å². The van der Waals surface area contributed by atoms with Crippen LogP contribution in [0.15, 0.2) is 18.2 Å². The van der Waals surface area contributed by atoms with Crippen LogP contribution in [0.5, 0.6) is 0 Å². The van der Waals surface area contributed by atoms with Crippen molar-refractivity contribution >= 4 is 0 Å². The summed E-state index contributed by atoms with van der Waals surface area (Å²) in [6, 6.07) is 3.07. The molecule has 0 spiro atoms. The lowest BCUT2D eigenvalue weighted by Gasteiger charge is -2.32. The summed E-state index contributed by atoms with van der Waals surface area (Å²) in [6.45, 7) is 1.99. The highest BCUT2D eigenvalue weighted by atomic mass is 19.4. The first-order valence-corrected chi connectivity index (χ1v) is 7.14. The molecule has 0 radical (unpaired) electrons. The molecule has 21 heavy (non-hydrogen) atoms. The Bertz CT molecular complexity index is 473. The number of alkyl halides is 3. The number of benzene rings is 1. The topological polar surface area (TPSA) is 15.3 Å². The van der Waals surface area contributed by atoms with Crippen LogP contribution in [-0.2, 0) is 12.7 Å². The molecule has 2 rings (SSSR count). The molecule has 1 aliphatic heterocycles. The number of nitrogens with one attached hydrogen (secondary N) is 1. The van der Waals surface area contributed by atoms with Gasteiger partial charge in [-0.15, -0.1) is 0 Å². The number of piperidine rings is 1. The smallest absolute Gasteiger partial charge is 0.311 e. The van der Waals surface area contributed by atoms with Gasteiger partial charge in [0.15, 0.2) is 0 Å². The normalized spacial score (nSPS) is 20.7. The largest absolute Gasteiger partial charge is 0.416 e. The summed E-state index contributed by atoms with van der Waals surface area (Å²) in [4.78, 5) is 2.25. The molecule has 1 aromatic rings. The Kier molecular flexibility index (Phi) is 5.22. The van der Waals surface area contributed by atoms with E-state index in [9.17, 15) is 17.6 Å². The Morgan fingerprint density at radius 1 is 1.24 bits per heavy atom. The van der Waals surface area contributed by atoms with Crippen LogP contribution in [0.4, 0.5) is 17.6 Å². The Labute approximate surface area is 122 Å². The van der Waals surface area contributed by atoms with Gasteiger partial charge in [-0.2, -0.15) is 13.2 Å². The van der Waals surface area contributed by atoms with Crippen molar-refractivity contribution in [1.82, 2.24) is 10.2 Å². The molecule has 1 fully saturated rings. The zero-order valence-electron chi connectivity index (χ0n) is 12.0. The minimum Gasteiger partial charge on any atom is -0.311 e. The van der Waals surface area contributed by atoms with E-state index in [2.05, 4.69) is 17.3 Å². The zero-order valence-corrected chi connectivity index (χ0v) is 12.0. The average molecular weight is 304 g/mol. The van der Waals surface area contributed by atoms with Crippen molar-refractivity contribution in [3.05, 3.63) is 35.1 Å². The summed E-state index contributed by atoms with van der Waals surface area (Å²) in [5, 5.41) is 3.13. The van der Waals surface area contributed by atoms with Gasteiger partial charge in [0.25, 0.3) is 0 Å². The predicted octanol–water partition coefficient (Wildman–Crippen LogP) is 3.42. The summed E-state index contributed by atoms with van der Waals surface area (Å²) in [5.74, 6) is -0.851. The second-order valence-electron chi connectivity index (χ2n) is 5.61. The van der Waals surface area contributed by atoms with Gasteiger partial charge in [0.2, 0.25) is 0 Å². The number of likely N-dealkylation sites (N-methyl/N-ethyl adjacent to an activating group) is 1. The molecule has 0 bridgehead atoms. The van der Waals surface area contributed by atoms with E-state index in [1.54, 1.807) is 0 Å². The highest BCUT2D eigenvalue weighted by molar-refractivity contribution is 5.26. The van der Waals surface area contributed by atoms with Crippen LogP contribution in [0, 0.1) is 5.82 Å². The Morgan fingerprint density at radius 3 is 2.67 bits per heavy atom. The van der Waals surface area contributed by atoms with Crippen molar-refractivity contribution in [3.63, 3.8) is 0 Å². The van der Waals surface area contributed by atoms with Gasteiger partial charge in [-0.25, -0.2) is 4.39 Å². The molecule has 118 valence electrons. The maximum absolute atomic E-state index is 13.3. The van der Waals surface area contributed by atoms with Gasteiger partial charge < -0.3 is 10.2 Å². The van der Waals surface area contributed by atoms with E-state index >= 15 is 0 Å². The fraction of sp³-hybridized carbons (Fsp3) is 0.600. The van der Waals surface area contributed by atoms with Crippen molar-refractivity contribution < 1.29 is 17.6 Å². The van der Waals surface area contributed by atoms with Crippen molar-refractivity contribution in [2.45, 2.75) is 38.0 Å². The number of halogens is 4. The molecule has 2 nitrogen and oxygen atoms in total. The van der Waals surface area contributed by atoms with E-state index in [0.717, 1.165) is 25.1 Å². The third-order valence-electron chi connectivity index (χ3n) is 3.92. The summed E-state index contributed by atoms with van der Waals surface area (Å²) in [6.07, 6.45) is -1.07. The lowest BCUT2D eigenvalue weighted by Crippen LogP contribution is -2.42. The zero-order chi connectivity index (χ0) is 15.5. The predicted molar refractivity (Wildman–Crippen MR) is 73.4 cm³/mol. The van der Waals surface area contributed by atoms with Gasteiger partial charge in [0, 0.05) is 19.1 Å². The summed E-state index contributed by atoms with van der Waals surface area (Å²) in [5.41, 5.74) is -0.616. The third-order valence-corrected chi connectivity index (χ3v) is 3.92. The number of nitrogens with zero attached hydrogens (tertiary/aromatic N) is 1. The first-order chi connectivity index (χ1) is 9.86. The van der Waals surface area contributed by atoms with Crippen LogP contribution in [0.1, 0.15) is 30.4 Å². The molecule has 0 aliphatic carbocycles. The fourth-order valence-electron chi connectivity index (χ4n) is 2.70. The Hall–Kier alpha value is -1.14. The molecule has 0 saturated carbocycles. The standard InChI is InChI=1S/C15H20F4N2/c1-21-5-3-2-4-14(21)10-20-9-11-6-12(15(17,18)19)8-13(16)7-11/h6-8,14,20H,2-5,9-10H2,1H3. The summed E-state index contributed by atoms with van der Waals surface area (Å²) >= 11 is 0. The minimum atomic E-state index is -4.51. The lowest BCUT2D eigenvalue weighted by molar-refractivity contribution is -0.137. The molecular weight excluding hydrogens is 284 g/mol. The van der Waals surface area contributed by atoms with Gasteiger partial charge in [-0.1, -0.05) is 6.42 Å². The molecule has 6 heteroatoms. The number of rotatable bonds is 4. The van der Waals surface area contributed by atoms with E-state index in [1.165, 1.54) is 12.8 Å². The van der Waals surface area contributed by atoms with Crippen LogP contribution < -0.4 is 5.32 Å². The number of hydrogen-bond donors (Lipinski definition) is 1. The molecule has 1 aromatic carbocycles. The minimum absolute atomic E-state index is 0.241. The monoisotopic (exact) mass is 304 g/mol. The molecule has 1 unspecified atom stereocenters. The molecule has 1 saturated heterocycles. The first-order valence-electron chi connectivity index (χ1n) is 7.14. The molecule has 1 N–H and O–H groups in total. The molecule has 0 amide bonds. The Balaban J connectivity index is 1.92. The molecule has 1 aliphatic rings. The quantitative estimate of drug-likeness (QED) is 0.858. The van der Waals surface area contributed by atoms with Crippen molar-refractivity contribution in [1.29, 1.82) is 0 Å². The second-order valence-corrected chi connectivity index (χ2v) is 5.61. The van der Waals surface area contributed by atoms with Gasteiger partial charge >= 0.3 is 6.18 Å². The van der Waals surface area contributed by atoms with Crippen LogP contribution >= 0.6 is 0 Å². The Morgan fingerprint density at radius 2 is 2.00 bits per heavy atom.